The van der Waals surface area contributed by atoms with E-state index in [0.29, 0.717) is 25.6 Å². The summed E-state index contributed by atoms with van der Waals surface area (Å²) in [5.74, 6) is -0.381. The van der Waals surface area contributed by atoms with Crippen molar-refractivity contribution in [2.24, 2.45) is 5.73 Å². The van der Waals surface area contributed by atoms with Gasteiger partial charge in [-0.15, -0.1) is 12.4 Å². The lowest BCUT2D eigenvalue weighted by atomic mass is 9.99. The highest BCUT2D eigenvalue weighted by molar-refractivity contribution is 5.92. The number of rotatable bonds is 6. The first kappa shape index (κ1) is 25.8. The molecule has 2 amide bonds. The number of nitrogens with two attached hydrogens (primary N) is 1. The zero-order valence-corrected chi connectivity index (χ0v) is 21.6. The summed E-state index contributed by atoms with van der Waals surface area (Å²) >= 11 is 0. The molecular formula is C28H34ClN5O2. The Morgan fingerprint density at radius 1 is 1.08 bits per heavy atom. The predicted molar refractivity (Wildman–Crippen MR) is 146 cm³/mol. The van der Waals surface area contributed by atoms with E-state index in [2.05, 4.69) is 51.4 Å². The summed E-state index contributed by atoms with van der Waals surface area (Å²) in [6, 6.07) is 18.2. The first-order valence-corrected chi connectivity index (χ1v) is 12.3. The Morgan fingerprint density at radius 2 is 1.78 bits per heavy atom. The average Bonchev–Trinajstić information content (AvgIpc) is 3.47. The van der Waals surface area contributed by atoms with Gasteiger partial charge in [-0.2, -0.15) is 0 Å². The fourth-order valence-electron chi connectivity index (χ4n) is 5.07. The molecule has 1 saturated heterocycles. The molecule has 0 saturated carbocycles. The van der Waals surface area contributed by atoms with E-state index in [0.717, 1.165) is 29.3 Å². The molecule has 8 heteroatoms. The smallest absolute Gasteiger partial charge is 0.245 e. The molecule has 1 unspecified atom stereocenters. The Hall–Kier alpha value is -3.29. The maximum absolute atomic E-state index is 13.7. The minimum atomic E-state index is -1.07. The Morgan fingerprint density at radius 3 is 2.53 bits per heavy atom. The monoisotopic (exact) mass is 507 g/mol. The molecule has 0 bridgehead atoms. The molecule has 3 heterocycles. The van der Waals surface area contributed by atoms with Gasteiger partial charge in [-0.25, -0.2) is 0 Å². The van der Waals surface area contributed by atoms with Gasteiger partial charge in [0.2, 0.25) is 11.8 Å². The van der Waals surface area contributed by atoms with Gasteiger partial charge in [-0.1, -0.05) is 36.4 Å². The zero-order valence-electron chi connectivity index (χ0n) is 20.7. The van der Waals surface area contributed by atoms with Crippen LogP contribution in [0.1, 0.15) is 38.3 Å². The molecule has 36 heavy (non-hydrogen) atoms. The molecule has 5 rings (SSSR count). The van der Waals surface area contributed by atoms with Crippen molar-refractivity contribution in [3.05, 3.63) is 72.6 Å². The number of likely N-dealkylation sites (tertiary alicyclic amines) is 1. The molecule has 7 nitrogen and oxygen atoms in total. The van der Waals surface area contributed by atoms with Gasteiger partial charge in [0.05, 0.1) is 5.54 Å². The molecule has 0 aliphatic carbocycles. The van der Waals surface area contributed by atoms with Gasteiger partial charge in [-0.3, -0.25) is 9.59 Å². The first-order valence-electron chi connectivity index (χ1n) is 12.3. The van der Waals surface area contributed by atoms with Crippen LogP contribution in [-0.2, 0) is 16.0 Å². The maximum Gasteiger partial charge on any atom is 0.245 e. The van der Waals surface area contributed by atoms with Crippen molar-refractivity contribution in [2.45, 2.75) is 50.7 Å². The normalized spacial score (nSPS) is 15.6. The van der Waals surface area contributed by atoms with Crippen LogP contribution in [0.3, 0.4) is 0 Å². The van der Waals surface area contributed by atoms with Crippen molar-refractivity contribution >= 4 is 46.0 Å². The van der Waals surface area contributed by atoms with Gasteiger partial charge in [-0.05, 0) is 55.8 Å². The lowest BCUT2D eigenvalue weighted by Gasteiger charge is -2.36. The van der Waals surface area contributed by atoms with E-state index in [1.54, 1.807) is 13.8 Å². The summed E-state index contributed by atoms with van der Waals surface area (Å²) < 4.78 is 2.33. The minimum absolute atomic E-state index is 0. The van der Waals surface area contributed by atoms with Crippen LogP contribution >= 0.6 is 12.4 Å². The highest BCUT2D eigenvalue weighted by atomic mass is 35.5. The number of aromatic nitrogens is 2. The third-order valence-corrected chi connectivity index (χ3v) is 7.09. The van der Waals surface area contributed by atoms with Crippen LogP contribution in [0.2, 0.25) is 0 Å². The number of hydrogen-bond acceptors (Lipinski definition) is 3. The molecule has 1 aliphatic heterocycles. The summed E-state index contributed by atoms with van der Waals surface area (Å²) in [6.45, 7) is 4.62. The third kappa shape index (κ3) is 5.13. The van der Waals surface area contributed by atoms with Crippen LogP contribution in [-0.4, -0.2) is 50.9 Å². The van der Waals surface area contributed by atoms with Crippen molar-refractivity contribution in [1.82, 2.24) is 19.8 Å². The van der Waals surface area contributed by atoms with Crippen LogP contribution in [0.5, 0.6) is 0 Å². The second kappa shape index (κ2) is 10.4. The van der Waals surface area contributed by atoms with E-state index in [1.165, 1.54) is 10.9 Å². The van der Waals surface area contributed by atoms with Crippen molar-refractivity contribution in [3.63, 3.8) is 0 Å². The molecule has 190 valence electrons. The molecule has 2 aromatic heterocycles. The van der Waals surface area contributed by atoms with Crippen LogP contribution < -0.4 is 11.1 Å². The molecule has 1 aliphatic rings. The first-order chi connectivity index (χ1) is 16.8. The number of hydrogen-bond donors (Lipinski definition) is 3. The van der Waals surface area contributed by atoms with E-state index >= 15 is 0 Å². The Kier molecular flexibility index (Phi) is 7.43. The fraction of sp³-hybridized carbons (Fsp3) is 0.357. The number of benzene rings is 2. The Labute approximate surface area is 217 Å². The number of aromatic amines is 1. The number of nitrogens with zero attached hydrogens (tertiary/aromatic N) is 2. The number of fused-ring (bicyclic) bond motifs is 2. The maximum atomic E-state index is 13.7. The highest BCUT2D eigenvalue weighted by Crippen LogP contribution is 2.28. The van der Waals surface area contributed by atoms with E-state index in [9.17, 15) is 9.59 Å². The summed E-state index contributed by atoms with van der Waals surface area (Å²) in [5.41, 5.74) is 8.22. The van der Waals surface area contributed by atoms with Crippen LogP contribution in [0.4, 0.5) is 0 Å². The lowest BCUT2D eigenvalue weighted by molar-refractivity contribution is -0.138. The highest BCUT2D eigenvalue weighted by Gasteiger charge is 2.33. The lowest BCUT2D eigenvalue weighted by Crippen LogP contribution is -2.57. The summed E-state index contributed by atoms with van der Waals surface area (Å²) in [4.78, 5) is 31.6. The number of para-hydroxylation sites is 2. The fourth-order valence-corrected chi connectivity index (χ4v) is 5.07. The van der Waals surface area contributed by atoms with Crippen LogP contribution in [0.25, 0.3) is 21.8 Å². The number of H-pyrrole nitrogens is 1. The van der Waals surface area contributed by atoms with Gasteiger partial charge in [0.1, 0.15) is 6.04 Å². The third-order valence-electron chi connectivity index (χ3n) is 7.09. The Balaban J connectivity index is 0.00000304. The van der Waals surface area contributed by atoms with Crippen molar-refractivity contribution < 1.29 is 9.59 Å². The van der Waals surface area contributed by atoms with E-state index in [1.807, 2.05) is 35.4 Å². The number of nitrogens with one attached hydrogen (secondary N) is 2. The van der Waals surface area contributed by atoms with Gasteiger partial charge >= 0.3 is 0 Å². The van der Waals surface area contributed by atoms with Crippen LogP contribution in [0, 0.1) is 0 Å². The van der Waals surface area contributed by atoms with Crippen molar-refractivity contribution in [3.8, 4) is 0 Å². The number of piperidine rings is 1. The molecule has 2 aromatic carbocycles. The topological polar surface area (TPSA) is 96.1 Å². The number of halogens is 1. The Bertz CT molecular complexity index is 1360. The zero-order chi connectivity index (χ0) is 24.6. The van der Waals surface area contributed by atoms with Crippen LogP contribution in [0.15, 0.2) is 67.0 Å². The molecule has 4 aromatic rings. The molecular weight excluding hydrogens is 474 g/mol. The second-order valence-corrected chi connectivity index (χ2v) is 10.1. The minimum Gasteiger partial charge on any atom is -0.361 e. The predicted octanol–water partition coefficient (Wildman–Crippen LogP) is 4.17. The van der Waals surface area contributed by atoms with E-state index in [-0.39, 0.29) is 24.2 Å². The molecule has 0 radical (unpaired) electrons. The summed E-state index contributed by atoms with van der Waals surface area (Å²) in [6.07, 6.45) is 6.23. The van der Waals surface area contributed by atoms with Crippen molar-refractivity contribution in [1.29, 1.82) is 0 Å². The number of carbonyl (C=O) groups excluding carboxylic acids is 2. The van der Waals surface area contributed by atoms with Gasteiger partial charge in [0, 0.05) is 54.4 Å². The van der Waals surface area contributed by atoms with Gasteiger partial charge in [0.15, 0.2) is 0 Å². The average molecular weight is 508 g/mol. The summed E-state index contributed by atoms with van der Waals surface area (Å²) in [7, 11) is 0. The molecule has 0 spiro atoms. The SMILES string of the molecule is CC(C)(N)C(=O)NC(Cc1c[nH]c2ccccc12)C(=O)N1CCC(n2ccc3ccccc32)CC1.Cl. The van der Waals surface area contributed by atoms with Crippen molar-refractivity contribution in [2.75, 3.05) is 13.1 Å². The van der Waals surface area contributed by atoms with E-state index < -0.39 is 11.6 Å². The van der Waals surface area contributed by atoms with Gasteiger partial charge in [0.25, 0.3) is 0 Å². The molecule has 1 atom stereocenters. The quantitative estimate of drug-likeness (QED) is 0.365. The molecule has 1 fully saturated rings. The van der Waals surface area contributed by atoms with Gasteiger partial charge < -0.3 is 25.5 Å². The van der Waals surface area contributed by atoms with E-state index in [4.69, 9.17) is 5.73 Å². The largest absolute Gasteiger partial charge is 0.361 e. The standard InChI is InChI=1S/C28H33N5O2.ClH/c1-28(2,29)27(35)31-24(17-20-18-30-23-9-5-4-8-22(20)23)26(34)32-14-12-21(13-15-32)33-16-11-19-7-3-6-10-25(19)33;/h3-11,16,18,21,24,30H,12-15,17,29H2,1-2H3,(H,31,35);1H. The number of amides is 2. The second-order valence-electron chi connectivity index (χ2n) is 10.1. The summed E-state index contributed by atoms with van der Waals surface area (Å²) in [5, 5.41) is 5.24. The molecule has 4 N–H and O–H groups in total. The number of carbonyl (C=O) groups is 2.